The van der Waals surface area contributed by atoms with Gasteiger partial charge in [0, 0.05) is 10.9 Å². The highest BCUT2D eigenvalue weighted by molar-refractivity contribution is 9.10. The second-order valence-corrected chi connectivity index (χ2v) is 5.16. The molecule has 0 aromatic heterocycles. The molecule has 80 valence electrons. The van der Waals surface area contributed by atoms with Crippen LogP contribution in [0.3, 0.4) is 0 Å². The molecule has 0 bridgehead atoms. The minimum absolute atomic E-state index is 0.119. The third kappa shape index (κ3) is 1.93. The molecule has 2 rings (SSSR count). The van der Waals surface area contributed by atoms with Crippen LogP contribution >= 0.6 is 15.9 Å². The Morgan fingerprint density at radius 3 is 2.87 bits per heavy atom. The van der Waals surface area contributed by atoms with Gasteiger partial charge in [-0.15, -0.1) is 0 Å². The number of hydrogen-bond acceptors (Lipinski definition) is 1. The summed E-state index contributed by atoms with van der Waals surface area (Å²) >= 11 is 3.47. The maximum Gasteiger partial charge on any atom is 0.225 e. The van der Waals surface area contributed by atoms with E-state index in [9.17, 15) is 4.79 Å². The topological polar surface area (TPSA) is 29.1 Å². The van der Waals surface area contributed by atoms with Crippen LogP contribution in [0, 0.1) is 5.92 Å². The van der Waals surface area contributed by atoms with Crippen molar-refractivity contribution in [3.05, 3.63) is 28.2 Å². The molecule has 1 aromatic carbocycles. The van der Waals surface area contributed by atoms with Gasteiger partial charge in [0.2, 0.25) is 5.91 Å². The van der Waals surface area contributed by atoms with Gasteiger partial charge in [-0.1, -0.05) is 26.0 Å². The fourth-order valence-electron chi connectivity index (χ4n) is 2.08. The Labute approximate surface area is 98.2 Å². The Hall–Kier alpha value is -0.830. The largest absolute Gasteiger partial charge is 0.325 e. The Balaban J connectivity index is 2.51. The Kier molecular flexibility index (Phi) is 2.83. The molecule has 0 saturated heterocycles. The highest BCUT2D eigenvalue weighted by Gasteiger charge is 2.28. The molecule has 0 fully saturated rings. The molecule has 3 heteroatoms. The monoisotopic (exact) mass is 267 g/mol. The molecule has 0 saturated carbocycles. The molecule has 2 nitrogen and oxygen atoms in total. The molecular weight excluding hydrogens is 254 g/mol. The van der Waals surface area contributed by atoms with Crippen molar-refractivity contribution >= 4 is 27.5 Å². The van der Waals surface area contributed by atoms with Crippen molar-refractivity contribution in [3.8, 4) is 0 Å². The summed E-state index contributed by atoms with van der Waals surface area (Å²) in [5.74, 6) is 0.948. The molecule has 1 unspecified atom stereocenters. The summed E-state index contributed by atoms with van der Waals surface area (Å²) < 4.78 is 0.971. The zero-order valence-corrected chi connectivity index (χ0v) is 10.5. The third-order valence-electron chi connectivity index (χ3n) is 2.92. The van der Waals surface area contributed by atoms with Gasteiger partial charge in [-0.2, -0.15) is 0 Å². The van der Waals surface area contributed by atoms with Crippen LogP contribution in [0.1, 0.15) is 31.7 Å². The molecule has 1 aromatic rings. The van der Waals surface area contributed by atoms with Crippen molar-refractivity contribution in [1.29, 1.82) is 0 Å². The van der Waals surface area contributed by atoms with E-state index in [0.29, 0.717) is 18.3 Å². The Morgan fingerprint density at radius 2 is 2.20 bits per heavy atom. The average Bonchev–Trinajstić information content (AvgIpc) is 2.18. The van der Waals surface area contributed by atoms with Crippen LogP contribution in [0.4, 0.5) is 5.69 Å². The molecule has 1 heterocycles. The number of rotatable bonds is 1. The highest BCUT2D eigenvalue weighted by atomic mass is 79.9. The minimum Gasteiger partial charge on any atom is -0.325 e. The fraction of sp³-hybridized carbons (Fsp3) is 0.417. The van der Waals surface area contributed by atoms with Crippen molar-refractivity contribution < 1.29 is 4.79 Å². The number of halogens is 1. The second-order valence-electron chi connectivity index (χ2n) is 4.31. The van der Waals surface area contributed by atoms with Crippen molar-refractivity contribution in [2.75, 3.05) is 5.32 Å². The SMILES string of the molecule is CC(C)C1CC(=O)Nc2c(Br)cccc21. The lowest BCUT2D eigenvalue weighted by Gasteiger charge is -2.29. The zero-order valence-electron chi connectivity index (χ0n) is 8.88. The van der Waals surface area contributed by atoms with Gasteiger partial charge in [-0.3, -0.25) is 4.79 Å². The van der Waals surface area contributed by atoms with Crippen molar-refractivity contribution in [3.63, 3.8) is 0 Å². The van der Waals surface area contributed by atoms with E-state index in [1.807, 2.05) is 12.1 Å². The molecule has 1 aliphatic heterocycles. The predicted molar refractivity (Wildman–Crippen MR) is 65.0 cm³/mol. The summed E-state index contributed by atoms with van der Waals surface area (Å²) in [5, 5.41) is 2.93. The number of anilines is 1. The van der Waals surface area contributed by atoms with E-state index in [1.54, 1.807) is 0 Å². The molecule has 15 heavy (non-hydrogen) atoms. The normalized spacial score (nSPS) is 20.0. The lowest BCUT2D eigenvalue weighted by atomic mass is 9.82. The van der Waals surface area contributed by atoms with Crippen LogP contribution in [0.25, 0.3) is 0 Å². The highest BCUT2D eigenvalue weighted by Crippen LogP contribution is 2.40. The van der Waals surface area contributed by atoms with Crippen molar-refractivity contribution in [2.45, 2.75) is 26.2 Å². The van der Waals surface area contributed by atoms with Crippen LogP contribution < -0.4 is 5.32 Å². The van der Waals surface area contributed by atoms with E-state index in [0.717, 1.165) is 10.2 Å². The molecule has 0 aliphatic carbocycles. The second kappa shape index (κ2) is 3.97. The number of hydrogen-bond donors (Lipinski definition) is 1. The summed E-state index contributed by atoms with van der Waals surface area (Å²) in [6.07, 6.45) is 0.598. The first-order valence-corrected chi connectivity index (χ1v) is 5.97. The van der Waals surface area contributed by atoms with Crippen LogP contribution in [0.2, 0.25) is 0 Å². The first-order chi connectivity index (χ1) is 7.09. The summed E-state index contributed by atoms with van der Waals surface area (Å²) in [5.41, 5.74) is 2.20. The van der Waals surface area contributed by atoms with Crippen LogP contribution in [0.15, 0.2) is 22.7 Å². The van der Waals surface area contributed by atoms with Gasteiger partial charge in [-0.05, 0) is 39.4 Å². The van der Waals surface area contributed by atoms with Gasteiger partial charge >= 0.3 is 0 Å². The number of carbonyl (C=O) groups excluding carboxylic acids is 1. The molecule has 0 spiro atoms. The van der Waals surface area contributed by atoms with Gasteiger partial charge in [-0.25, -0.2) is 0 Å². The first kappa shape index (κ1) is 10.7. The van der Waals surface area contributed by atoms with Gasteiger partial charge in [0.25, 0.3) is 0 Å². The van der Waals surface area contributed by atoms with Gasteiger partial charge in [0.15, 0.2) is 0 Å². The first-order valence-electron chi connectivity index (χ1n) is 5.18. The number of nitrogens with one attached hydrogen (secondary N) is 1. The Bertz CT molecular complexity index is 401. The summed E-state index contributed by atoms with van der Waals surface area (Å²) in [6, 6.07) is 6.09. The minimum atomic E-state index is 0.119. The molecular formula is C12H14BrNO. The van der Waals surface area contributed by atoms with E-state index >= 15 is 0 Å². The number of amides is 1. The number of para-hydroxylation sites is 1. The maximum absolute atomic E-state index is 11.6. The smallest absolute Gasteiger partial charge is 0.225 e. The molecule has 1 atom stereocenters. The fourth-order valence-corrected chi connectivity index (χ4v) is 2.56. The van der Waals surface area contributed by atoms with Crippen molar-refractivity contribution in [1.82, 2.24) is 0 Å². The van der Waals surface area contributed by atoms with Crippen molar-refractivity contribution in [2.24, 2.45) is 5.92 Å². The lowest BCUT2D eigenvalue weighted by Crippen LogP contribution is -2.25. The Morgan fingerprint density at radius 1 is 1.47 bits per heavy atom. The van der Waals surface area contributed by atoms with Gasteiger partial charge in [0.1, 0.15) is 0 Å². The van der Waals surface area contributed by atoms with E-state index in [4.69, 9.17) is 0 Å². The zero-order chi connectivity index (χ0) is 11.0. The van der Waals surface area contributed by atoms with Crippen LogP contribution in [0.5, 0.6) is 0 Å². The van der Waals surface area contributed by atoms with Gasteiger partial charge in [0.05, 0.1) is 5.69 Å². The quantitative estimate of drug-likeness (QED) is 0.829. The molecule has 1 N–H and O–H groups in total. The van der Waals surface area contributed by atoms with Gasteiger partial charge < -0.3 is 5.32 Å². The molecule has 1 amide bonds. The number of carbonyl (C=O) groups is 1. The molecule has 0 radical (unpaired) electrons. The summed E-state index contributed by atoms with van der Waals surface area (Å²) in [6.45, 7) is 4.32. The van der Waals surface area contributed by atoms with E-state index in [1.165, 1.54) is 5.56 Å². The van der Waals surface area contributed by atoms with E-state index in [-0.39, 0.29) is 5.91 Å². The number of fused-ring (bicyclic) bond motifs is 1. The van der Waals surface area contributed by atoms with E-state index < -0.39 is 0 Å². The average molecular weight is 268 g/mol. The lowest BCUT2D eigenvalue weighted by molar-refractivity contribution is -0.117. The standard InChI is InChI=1S/C12H14BrNO/c1-7(2)9-6-11(15)14-12-8(9)4-3-5-10(12)13/h3-5,7,9H,6H2,1-2H3,(H,14,15). The van der Waals surface area contributed by atoms with Crippen LogP contribution in [-0.2, 0) is 4.79 Å². The summed E-state index contributed by atoms with van der Waals surface area (Å²) in [7, 11) is 0. The van der Waals surface area contributed by atoms with E-state index in [2.05, 4.69) is 41.2 Å². The third-order valence-corrected chi connectivity index (χ3v) is 3.58. The van der Waals surface area contributed by atoms with Crippen LogP contribution in [-0.4, -0.2) is 5.91 Å². The molecule has 1 aliphatic rings. The summed E-state index contributed by atoms with van der Waals surface area (Å²) in [4.78, 5) is 11.6. The number of benzene rings is 1. The predicted octanol–water partition coefficient (Wildman–Crippen LogP) is 3.53. The maximum atomic E-state index is 11.6.